The van der Waals surface area contributed by atoms with E-state index in [4.69, 9.17) is 5.73 Å². The molecule has 0 aliphatic carbocycles. The number of anilines is 1. The lowest BCUT2D eigenvalue weighted by atomic mass is 10.1. The van der Waals surface area contributed by atoms with Crippen molar-refractivity contribution in [1.82, 2.24) is 4.98 Å². The fourth-order valence-corrected chi connectivity index (χ4v) is 5.30. The highest BCUT2D eigenvalue weighted by Crippen LogP contribution is 2.32. The van der Waals surface area contributed by atoms with Crippen molar-refractivity contribution in [2.75, 3.05) is 5.73 Å². The molecule has 4 nitrogen and oxygen atoms in total. The third-order valence-electron chi connectivity index (χ3n) is 4.44. The van der Waals surface area contributed by atoms with Crippen LogP contribution in [0.25, 0.3) is 21.8 Å². The summed E-state index contributed by atoms with van der Waals surface area (Å²) in [7, 11) is -3.56. The zero-order valence-electron chi connectivity index (χ0n) is 15.2. The van der Waals surface area contributed by atoms with Crippen molar-refractivity contribution in [1.29, 1.82) is 0 Å². The van der Waals surface area contributed by atoms with Crippen LogP contribution in [-0.2, 0) is 15.6 Å². The van der Waals surface area contributed by atoms with Crippen molar-refractivity contribution in [3.05, 3.63) is 89.6 Å². The molecule has 2 N–H and O–H groups in total. The first-order chi connectivity index (χ1) is 13.9. The Morgan fingerprint density at radius 2 is 1.62 bits per heavy atom. The van der Waals surface area contributed by atoms with Crippen LogP contribution in [0.15, 0.2) is 83.1 Å². The summed E-state index contributed by atoms with van der Waals surface area (Å²) in [5.41, 5.74) is 9.26. The van der Waals surface area contributed by atoms with E-state index in [1.54, 1.807) is 48.5 Å². The van der Waals surface area contributed by atoms with Crippen LogP contribution < -0.4 is 5.73 Å². The van der Waals surface area contributed by atoms with E-state index in [0.29, 0.717) is 10.6 Å². The van der Waals surface area contributed by atoms with E-state index in [1.165, 1.54) is 29.5 Å². The molecule has 0 spiro atoms. The van der Waals surface area contributed by atoms with Crippen LogP contribution in [0, 0.1) is 5.82 Å². The van der Waals surface area contributed by atoms with Gasteiger partial charge in [0.25, 0.3) is 0 Å². The second kappa shape index (κ2) is 7.77. The van der Waals surface area contributed by atoms with Gasteiger partial charge in [0.2, 0.25) is 0 Å². The SMILES string of the molecule is Nc1cc(-c2nc(-c3ccc(F)cc3)cs2)ccc1S(=O)(=O)Cc1ccccc1. The lowest BCUT2D eigenvalue weighted by Gasteiger charge is -2.09. The monoisotopic (exact) mass is 424 g/mol. The topological polar surface area (TPSA) is 73.0 Å². The average molecular weight is 425 g/mol. The maximum absolute atomic E-state index is 13.1. The van der Waals surface area contributed by atoms with Gasteiger partial charge in [-0.15, -0.1) is 11.3 Å². The highest BCUT2D eigenvalue weighted by Gasteiger charge is 2.19. The Morgan fingerprint density at radius 1 is 0.931 bits per heavy atom. The number of rotatable bonds is 5. The first kappa shape index (κ1) is 19.3. The van der Waals surface area contributed by atoms with Gasteiger partial charge < -0.3 is 5.73 Å². The van der Waals surface area contributed by atoms with E-state index in [1.807, 2.05) is 11.4 Å². The molecule has 4 rings (SSSR count). The van der Waals surface area contributed by atoms with Gasteiger partial charge >= 0.3 is 0 Å². The molecule has 4 aromatic rings. The van der Waals surface area contributed by atoms with Crippen LogP contribution in [0.5, 0.6) is 0 Å². The fourth-order valence-electron chi connectivity index (χ4n) is 3.00. The zero-order chi connectivity index (χ0) is 20.4. The standard InChI is InChI=1S/C22H17FN2O2S2/c23-18-9-6-16(7-10-18)20-13-28-22(25-20)17-8-11-21(19(24)12-17)29(26,27)14-15-4-2-1-3-5-15/h1-13H,14,24H2. The molecule has 0 unspecified atom stereocenters. The number of sulfone groups is 1. The molecule has 29 heavy (non-hydrogen) atoms. The summed E-state index contributed by atoms with van der Waals surface area (Å²) in [5.74, 6) is -0.409. The van der Waals surface area contributed by atoms with Crippen molar-refractivity contribution < 1.29 is 12.8 Å². The number of nitrogens with zero attached hydrogens (tertiary/aromatic N) is 1. The Balaban J connectivity index is 1.61. The van der Waals surface area contributed by atoms with Crippen LogP contribution in [-0.4, -0.2) is 13.4 Å². The van der Waals surface area contributed by atoms with Crippen molar-refractivity contribution >= 4 is 26.9 Å². The predicted molar refractivity (Wildman–Crippen MR) is 115 cm³/mol. The molecule has 1 aromatic heterocycles. The maximum atomic E-state index is 13.1. The van der Waals surface area contributed by atoms with Gasteiger partial charge in [-0.05, 0) is 42.0 Å². The number of thiazole rings is 1. The predicted octanol–water partition coefficient (Wildman–Crippen LogP) is 5.17. The average Bonchev–Trinajstić information content (AvgIpc) is 3.19. The van der Waals surface area contributed by atoms with Crippen molar-refractivity contribution in [2.45, 2.75) is 10.6 Å². The van der Waals surface area contributed by atoms with E-state index in [0.717, 1.165) is 16.8 Å². The van der Waals surface area contributed by atoms with Gasteiger partial charge in [-0.3, -0.25) is 0 Å². The van der Waals surface area contributed by atoms with Gasteiger partial charge in [0.1, 0.15) is 10.8 Å². The summed E-state index contributed by atoms with van der Waals surface area (Å²) in [6.45, 7) is 0. The number of aromatic nitrogens is 1. The fraction of sp³-hybridized carbons (Fsp3) is 0.0455. The lowest BCUT2D eigenvalue weighted by Crippen LogP contribution is -2.08. The minimum atomic E-state index is -3.56. The third-order valence-corrected chi connectivity index (χ3v) is 7.08. The van der Waals surface area contributed by atoms with Crippen molar-refractivity contribution in [2.24, 2.45) is 0 Å². The van der Waals surface area contributed by atoms with Crippen molar-refractivity contribution in [3.63, 3.8) is 0 Å². The van der Waals surface area contributed by atoms with E-state index in [-0.39, 0.29) is 22.2 Å². The second-order valence-corrected chi connectivity index (χ2v) is 9.36. The number of hydrogen-bond acceptors (Lipinski definition) is 5. The van der Waals surface area contributed by atoms with Crippen molar-refractivity contribution in [3.8, 4) is 21.8 Å². The highest BCUT2D eigenvalue weighted by atomic mass is 32.2. The molecule has 3 aromatic carbocycles. The summed E-state index contributed by atoms with van der Waals surface area (Å²) < 4.78 is 38.6. The lowest BCUT2D eigenvalue weighted by molar-refractivity contribution is 0.595. The number of benzene rings is 3. The summed E-state index contributed by atoms with van der Waals surface area (Å²) >= 11 is 1.42. The number of nitrogen functional groups attached to an aromatic ring is 1. The molecule has 0 saturated heterocycles. The summed E-state index contributed by atoms with van der Waals surface area (Å²) in [5, 5.41) is 2.58. The first-order valence-electron chi connectivity index (χ1n) is 8.80. The third kappa shape index (κ3) is 4.21. The number of halogens is 1. The quantitative estimate of drug-likeness (QED) is 0.449. The molecular formula is C22H17FN2O2S2. The Morgan fingerprint density at radius 3 is 2.31 bits per heavy atom. The maximum Gasteiger partial charge on any atom is 0.184 e. The largest absolute Gasteiger partial charge is 0.398 e. The second-order valence-electron chi connectivity index (χ2n) is 6.54. The van der Waals surface area contributed by atoms with Gasteiger partial charge in [-0.25, -0.2) is 17.8 Å². The minimum Gasteiger partial charge on any atom is -0.398 e. The Labute approximate surface area is 172 Å². The molecule has 0 atom stereocenters. The van der Waals surface area contributed by atoms with Gasteiger partial charge in [-0.2, -0.15) is 0 Å². The molecule has 146 valence electrons. The molecule has 1 heterocycles. The smallest absolute Gasteiger partial charge is 0.184 e. The van der Waals surface area contributed by atoms with Gasteiger partial charge in [0.15, 0.2) is 9.84 Å². The molecule has 0 saturated carbocycles. The Hall–Kier alpha value is -3.03. The van der Waals surface area contributed by atoms with Crippen LogP contribution in [0.4, 0.5) is 10.1 Å². The number of hydrogen-bond donors (Lipinski definition) is 1. The minimum absolute atomic E-state index is 0.108. The highest BCUT2D eigenvalue weighted by molar-refractivity contribution is 7.90. The zero-order valence-corrected chi connectivity index (χ0v) is 16.9. The molecule has 0 radical (unpaired) electrons. The van der Waals surface area contributed by atoms with Gasteiger partial charge in [0.05, 0.1) is 22.0 Å². The number of nitrogens with two attached hydrogens (primary N) is 1. The summed E-state index contributed by atoms with van der Waals surface area (Å²) in [4.78, 5) is 4.68. The first-order valence-corrected chi connectivity index (χ1v) is 11.3. The molecule has 0 bridgehead atoms. The normalized spacial score (nSPS) is 11.5. The molecule has 0 amide bonds. The van der Waals surface area contributed by atoms with Crippen LogP contribution in [0.1, 0.15) is 5.56 Å². The van der Waals surface area contributed by atoms with Crippen LogP contribution >= 0.6 is 11.3 Å². The Bertz CT molecular complexity index is 1250. The van der Waals surface area contributed by atoms with E-state index in [9.17, 15) is 12.8 Å². The summed E-state index contributed by atoms with van der Waals surface area (Å²) in [6.07, 6.45) is 0. The Kier molecular flexibility index (Phi) is 5.17. The summed E-state index contributed by atoms with van der Waals surface area (Å²) in [6, 6.07) is 20.0. The molecule has 0 fully saturated rings. The molecule has 0 aliphatic heterocycles. The van der Waals surface area contributed by atoms with Gasteiger partial charge in [0, 0.05) is 16.5 Å². The van der Waals surface area contributed by atoms with E-state index >= 15 is 0 Å². The van der Waals surface area contributed by atoms with E-state index < -0.39 is 9.84 Å². The van der Waals surface area contributed by atoms with Crippen LogP contribution in [0.2, 0.25) is 0 Å². The molecule has 7 heteroatoms. The van der Waals surface area contributed by atoms with Crippen LogP contribution in [0.3, 0.4) is 0 Å². The molecule has 0 aliphatic rings. The van der Waals surface area contributed by atoms with E-state index in [2.05, 4.69) is 4.98 Å². The van der Waals surface area contributed by atoms with Gasteiger partial charge in [-0.1, -0.05) is 36.4 Å². The molecular weight excluding hydrogens is 407 g/mol.